The lowest BCUT2D eigenvalue weighted by molar-refractivity contribution is -0.136. The van der Waals surface area contributed by atoms with E-state index in [0.29, 0.717) is 37.4 Å². The average Bonchev–Trinajstić information content (AvgIpc) is 2.71. The van der Waals surface area contributed by atoms with Gasteiger partial charge in [-0.25, -0.2) is 0 Å². The van der Waals surface area contributed by atoms with Crippen molar-refractivity contribution in [3.8, 4) is 11.5 Å². The number of carbonyl (C=O) groups is 2. The first-order chi connectivity index (χ1) is 13.1. The summed E-state index contributed by atoms with van der Waals surface area (Å²) in [5, 5.41) is 0. The molecule has 1 heterocycles. The molecule has 0 radical (unpaired) electrons. The lowest BCUT2D eigenvalue weighted by Crippen LogP contribution is -2.42. The zero-order valence-corrected chi connectivity index (χ0v) is 15.7. The van der Waals surface area contributed by atoms with Crippen LogP contribution < -0.4 is 9.47 Å². The van der Waals surface area contributed by atoms with Gasteiger partial charge >= 0.3 is 0 Å². The van der Waals surface area contributed by atoms with E-state index in [1.54, 1.807) is 14.2 Å². The second-order valence-corrected chi connectivity index (χ2v) is 7.17. The van der Waals surface area contributed by atoms with Gasteiger partial charge in [0.25, 0.3) is 0 Å². The molecule has 0 fully saturated rings. The van der Waals surface area contributed by atoms with E-state index in [0.717, 1.165) is 23.1 Å². The Morgan fingerprint density at radius 2 is 1.70 bits per heavy atom. The van der Waals surface area contributed by atoms with Gasteiger partial charge in [-0.1, -0.05) is 24.3 Å². The van der Waals surface area contributed by atoms with Crippen molar-refractivity contribution in [2.45, 2.75) is 25.8 Å². The van der Waals surface area contributed by atoms with Crippen molar-refractivity contribution in [2.24, 2.45) is 5.92 Å². The fourth-order valence-electron chi connectivity index (χ4n) is 4.15. The molecule has 0 spiro atoms. The zero-order valence-electron chi connectivity index (χ0n) is 15.7. The lowest BCUT2D eigenvalue weighted by atomic mass is 9.82. The van der Waals surface area contributed by atoms with E-state index >= 15 is 0 Å². The first-order valence-electron chi connectivity index (χ1n) is 9.24. The number of rotatable bonds is 3. The molecule has 140 valence electrons. The Morgan fingerprint density at radius 3 is 2.44 bits per heavy atom. The Morgan fingerprint density at radius 1 is 1.00 bits per heavy atom. The van der Waals surface area contributed by atoms with Gasteiger partial charge in [-0.2, -0.15) is 0 Å². The Balaban J connectivity index is 1.54. The number of nitrogens with zero attached hydrogens (tertiary/aromatic N) is 1. The number of benzene rings is 2. The SMILES string of the molecule is COc1cc2c(cc1OC)CN(C(=O)C1CC(=O)c3ccccc3C1)CC2. The predicted molar refractivity (Wildman–Crippen MR) is 101 cm³/mol. The van der Waals surface area contributed by atoms with E-state index < -0.39 is 0 Å². The first kappa shape index (κ1) is 17.6. The smallest absolute Gasteiger partial charge is 0.226 e. The summed E-state index contributed by atoms with van der Waals surface area (Å²) in [6.07, 6.45) is 1.71. The van der Waals surface area contributed by atoms with Crippen LogP contribution in [0.15, 0.2) is 36.4 Å². The molecular weight excluding hydrogens is 342 g/mol. The van der Waals surface area contributed by atoms with Gasteiger partial charge in [0.1, 0.15) is 0 Å². The summed E-state index contributed by atoms with van der Waals surface area (Å²) in [4.78, 5) is 27.4. The van der Waals surface area contributed by atoms with Crippen LogP contribution in [-0.2, 0) is 24.2 Å². The van der Waals surface area contributed by atoms with Crippen molar-refractivity contribution in [3.63, 3.8) is 0 Å². The molecule has 1 amide bonds. The van der Waals surface area contributed by atoms with Gasteiger partial charge < -0.3 is 14.4 Å². The molecule has 5 nitrogen and oxygen atoms in total. The summed E-state index contributed by atoms with van der Waals surface area (Å²) in [6, 6.07) is 11.6. The maximum Gasteiger partial charge on any atom is 0.226 e. The summed E-state index contributed by atoms with van der Waals surface area (Å²) in [5.41, 5.74) is 4.01. The minimum absolute atomic E-state index is 0.0679. The number of ether oxygens (including phenoxy) is 2. The first-order valence-corrected chi connectivity index (χ1v) is 9.24. The third-order valence-corrected chi connectivity index (χ3v) is 5.59. The maximum atomic E-state index is 13.1. The van der Waals surface area contributed by atoms with E-state index in [4.69, 9.17) is 9.47 Å². The van der Waals surface area contributed by atoms with Crippen molar-refractivity contribution in [2.75, 3.05) is 20.8 Å². The fourth-order valence-corrected chi connectivity index (χ4v) is 4.15. The molecule has 4 rings (SSSR count). The van der Waals surface area contributed by atoms with Gasteiger partial charge in [-0.05, 0) is 41.7 Å². The summed E-state index contributed by atoms with van der Waals surface area (Å²) in [6.45, 7) is 1.20. The maximum absolute atomic E-state index is 13.1. The van der Waals surface area contributed by atoms with Gasteiger partial charge in [0.15, 0.2) is 17.3 Å². The molecule has 2 aromatic rings. The van der Waals surface area contributed by atoms with Crippen molar-refractivity contribution >= 4 is 11.7 Å². The molecule has 2 aliphatic rings. The fraction of sp³-hybridized carbons (Fsp3) is 0.364. The molecule has 0 saturated carbocycles. The molecule has 1 aliphatic carbocycles. The van der Waals surface area contributed by atoms with Gasteiger partial charge in [0, 0.05) is 31.0 Å². The molecule has 1 aliphatic heterocycles. The molecule has 27 heavy (non-hydrogen) atoms. The topological polar surface area (TPSA) is 55.8 Å². The number of fused-ring (bicyclic) bond motifs is 2. The second-order valence-electron chi connectivity index (χ2n) is 7.17. The van der Waals surface area contributed by atoms with Crippen LogP contribution in [0, 0.1) is 5.92 Å². The van der Waals surface area contributed by atoms with Crippen LogP contribution >= 0.6 is 0 Å². The molecule has 1 atom stereocenters. The van der Waals surface area contributed by atoms with Crippen molar-refractivity contribution in [1.82, 2.24) is 4.90 Å². The lowest BCUT2D eigenvalue weighted by Gasteiger charge is -2.33. The van der Waals surface area contributed by atoms with E-state index in [2.05, 4.69) is 0 Å². The molecular formula is C22H23NO4. The Bertz CT molecular complexity index is 905. The van der Waals surface area contributed by atoms with Crippen LogP contribution in [0.25, 0.3) is 0 Å². The Labute approximate surface area is 158 Å². The van der Waals surface area contributed by atoms with Crippen LogP contribution in [0.2, 0.25) is 0 Å². The van der Waals surface area contributed by atoms with Crippen molar-refractivity contribution in [3.05, 3.63) is 58.7 Å². The molecule has 0 bridgehead atoms. The minimum Gasteiger partial charge on any atom is -0.493 e. The summed E-state index contributed by atoms with van der Waals surface area (Å²) >= 11 is 0. The van der Waals surface area contributed by atoms with Gasteiger partial charge in [-0.15, -0.1) is 0 Å². The number of carbonyl (C=O) groups excluding carboxylic acids is 2. The van der Waals surface area contributed by atoms with E-state index in [1.165, 1.54) is 5.56 Å². The zero-order chi connectivity index (χ0) is 19.0. The summed E-state index contributed by atoms with van der Waals surface area (Å²) in [7, 11) is 3.24. The number of Topliss-reactive ketones (excluding diaryl/α,β-unsaturated/α-hetero) is 1. The van der Waals surface area contributed by atoms with Crippen LogP contribution in [0.3, 0.4) is 0 Å². The molecule has 5 heteroatoms. The molecule has 1 unspecified atom stereocenters. The van der Waals surface area contributed by atoms with Crippen LogP contribution in [0.4, 0.5) is 0 Å². The van der Waals surface area contributed by atoms with Gasteiger partial charge in [0.2, 0.25) is 5.91 Å². The van der Waals surface area contributed by atoms with Crippen LogP contribution in [0.1, 0.15) is 33.5 Å². The molecule has 0 aromatic heterocycles. The van der Waals surface area contributed by atoms with Gasteiger partial charge in [-0.3, -0.25) is 9.59 Å². The molecule has 0 N–H and O–H groups in total. The summed E-state index contributed by atoms with van der Waals surface area (Å²) < 4.78 is 10.8. The second kappa shape index (κ2) is 7.06. The number of hydrogen-bond donors (Lipinski definition) is 0. The third-order valence-electron chi connectivity index (χ3n) is 5.59. The van der Waals surface area contributed by atoms with E-state index in [-0.39, 0.29) is 17.6 Å². The Kier molecular flexibility index (Phi) is 4.60. The normalized spacial score (nSPS) is 18.5. The minimum atomic E-state index is -0.269. The van der Waals surface area contributed by atoms with E-state index in [1.807, 2.05) is 41.3 Å². The third kappa shape index (κ3) is 3.18. The largest absolute Gasteiger partial charge is 0.493 e. The quantitative estimate of drug-likeness (QED) is 0.839. The molecule has 2 aromatic carbocycles. The highest BCUT2D eigenvalue weighted by Crippen LogP contribution is 2.34. The number of methoxy groups -OCH3 is 2. The van der Waals surface area contributed by atoms with Crippen LogP contribution in [-0.4, -0.2) is 37.4 Å². The number of amides is 1. The molecule has 0 saturated heterocycles. The Hall–Kier alpha value is -2.82. The highest BCUT2D eigenvalue weighted by molar-refractivity contribution is 6.01. The average molecular weight is 365 g/mol. The summed E-state index contributed by atoms with van der Waals surface area (Å²) in [5.74, 6) is 1.25. The highest BCUT2D eigenvalue weighted by Gasteiger charge is 2.33. The van der Waals surface area contributed by atoms with Crippen LogP contribution in [0.5, 0.6) is 11.5 Å². The number of hydrogen-bond acceptors (Lipinski definition) is 4. The van der Waals surface area contributed by atoms with Gasteiger partial charge in [0.05, 0.1) is 14.2 Å². The van der Waals surface area contributed by atoms with Crippen molar-refractivity contribution in [1.29, 1.82) is 0 Å². The standard InChI is InChI=1S/C22H23NO4/c1-26-20-11-14-7-8-23(13-17(14)12-21(20)27-2)22(25)16-9-15-5-3-4-6-18(15)19(24)10-16/h3-6,11-12,16H,7-10,13H2,1-2H3. The van der Waals surface area contributed by atoms with Crippen molar-refractivity contribution < 1.29 is 19.1 Å². The highest BCUT2D eigenvalue weighted by atomic mass is 16.5. The van der Waals surface area contributed by atoms with E-state index in [9.17, 15) is 9.59 Å². The monoisotopic (exact) mass is 365 g/mol. The number of ketones is 1. The predicted octanol–water partition coefficient (Wildman–Crippen LogP) is 3.03.